The summed E-state index contributed by atoms with van der Waals surface area (Å²) in [6.07, 6.45) is 1.17. The molecule has 0 spiro atoms. The molecule has 1 N–H and O–H groups in total. The molecule has 2 heterocycles. The number of hydrogen-bond acceptors (Lipinski definition) is 3. The van der Waals surface area contributed by atoms with Gasteiger partial charge in [0.1, 0.15) is 6.54 Å². The second kappa shape index (κ2) is 6.54. The molecule has 2 aliphatic rings. The molecule has 0 saturated heterocycles. The van der Waals surface area contributed by atoms with Crippen molar-refractivity contribution >= 4 is 32.9 Å². The van der Waals surface area contributed by atoms with Crippen molar-refractivity contribution in [2.75, 3.05) is 18.8 Å². The standard InChI is InChI=1S/C19H20BrN2OS/c20-17-9-7-16(8-10-17)19(23)14-21-11-4-12-24-18(21)22(19)13-15-5-2-1-3-6-15/h1-3,5-10,23H,4,11-14H2/q+1. The predicted octanol–water partition coefficient (Wildman–Crippen LogP) is 3.62. The fourth-order valence-electron chi connectivity index (χ4n) is 3.44. The molecule has 0 fully saturated rings. The van der Waals surface area contributed by atoms with Crippen LogP contribution < -0.4 is 0 Å². The van der Waals surface area contributed by atoms with Gasteiger partial charge in [-0.05, 0) is 35.9 Å². The van der Waals surface area contributed by atoms with Crippen LogP contribution >= 0.6 is 27.7 Å². The summed E-state index contributed by atoms with van der Waals surface area (Å²) in [5.74, 6) is 1.12. The zero-order valence-electron chi connectivity index (χ0n) is 13.4. The van der Waals surface area contributed by atoms with E-state index in [-0.39, 0.29) is 0 Å². The molecule has 5 heteroatoms. The monoisotopic (exact) mass is 403 g/mol. The second-order valence-corrected chi connectivity index (χ2v) is 8.28. The van der Waals surface area contributed by atoms with Gasteiger partial charge in [0, 0.05) is 15.8 Å². The average Bonchev–Trinajstić information content (AvgIpc) is 2.90. The van der Waals surface area contributed by atoms with Crippen molar-refractivity contribution in [1.82, 2.24) is 4.90 Å². The van der Waals surface area contributed by atoms with Crippen LogP contribution in [0.25, 0.3) is 0 Å². The molecule has 0 amide bonds. The number of nitrogens with zero attached hydrogens (tertiary/aromatic N) is 2. The van der Waals surface area contributed by atoms with Gasteiger partial charge in [0.15, 0.2) is 6.54 Å². The van der Waals surface area contributed by atoms with E-state index in [1.54, 1.807) is 0 Å². The first-order valence-electron chi connectivity index (χ1n) is 8.21. The van der Waals surface area contributed by atoms with Gasteiger partial charge in [0.05, 0.1) is 6.54 Å². The number of rotatable bonds is 3. The molecule has 2 aromatic carbocycles. The summed E-state index contributed by atoms with van der Waals surface area (Å²) in [5.41, 5.74) is 1.18. The van der Waals surface area contributed by atoms with E-state index in [0.29, 0.717) is 13.1 Å². The van der Waals surface area contributed by atoms with E-state index >= 15 is 0 Å². The summed E-state index contributed by atoms with van der Waals surface area (Å²) < 4.78 is 3.36. The Kier molecular flexibility index (Phi) is 4.41. The Morgan fingerprint density at radius 2 is 1.88 bits per heavy atom. The number of hydrogen-bond donors (Lipinski definition) is 1. The average molecular weight is 404 g/mol. The Morgan fingerprint density at radius 1 is 1.12 bits per heavy atom. The number of thioether (sulfide) groups is 1. The summed E-state index contributed by atoms with van der Waals surface area (Å²) in [6.45, 7) is 2.36. The second-order valence-electron chi connectivity index (χ2n) is 6.30. The van der Waals surface area contributed by atoms with Gasteiger partial charge in [-0.15, -0.1) is 0 Å². The minimum absolute atomic E-state index is 0.629. The van der Waals surface area contributed by atoms with Crippen molar-refractivity contribution in [2.45, 2.75) is 18.7 Å². The lowest BCUT2D eigenvalue weighted by Gasteiger charge is -2.28. The van der Waals surface area contributed by atoms with Crippen LogP contribution in [0.2, 0.25) is 0 Å². The largest absolute Gasteiger partial charge is 0.346 e. The molecule has 3 nitrogen and oxygen atoms in total. The van der Waals surface area contributed by atoms with E-state index in [1.165, 1.54) is 17.2 Å². The zero-order chi connectivity index (χ0) is 16.6. The highest BCUT2D eigenvalue weighted by Gasteiger charge is 2.53. The van der Waals surface area contributed by atoms with E-state index in [2.05, 4.69) is 49.7 Å². The number of aliphatic hydroxyl groups is 1. The van der Waals surface area contributed by atoms with Crippen molar-refractivity contribution in [3.05, 3.63) is 70.2 Å². The molecule has 1 atom stereocenters. The molecule has 0 bridgehead atoms. The maximum atomic E-state index is 11.6. The molecule has 2 aliphatic heterocycles. The Bertz CT molecular complexity index is 763. The normalized spacial score (nSPS) is 23.5. The highest BCUT2D eigenvalue weighted by atomic mass is 79.9. The lowest BCUT2D eigenvalue weighted by atomic mass is 10.0. The van der Waals surface area contributed by atoms with Crippen LogP contribution in [-0.2, 0) is 12.3 Å². The first-order valence-corrected chi connectivity index (χ1v) is 9.99. The van der Waals surface area contributed by atoms with Gasteiger partial charge in [-0.2, -0.15) is 0 Å². The zero-order valence-corrected chi connectivity index (χ0v) is 15.8. The molecule has 124 valence electrons. The van der Waals surface area contributed by atoms with E-state index < -0.39 is 5.72 Å². The van der Waals surface area contributed by atoms with Gasteiger partial charge in [-0.25, -0.2) is 9.48 Å². The molecule has 2 aromatic rings. The fraction of sp³-hybridized carbons (Fsp3) is 0.316. The summed E-state index contributed by atoms with van der Waals surface area (Å²) >= 11 is 5.35. The Morgan fingerprint density at radius 3 is 2.62 bits per heavy atom. The number of amidine groups is 1. The van der Waals surface area contributed by atoms with Crippen LogP contribution in [0.5, 0.6) is 0 Å². The van der Waals surface area contributed by atoms with Crippen LogP contribution in [-0.4, -0.2) is 38.6 Å². The van der Waals surface area contributed by atoms with Crippen molar-refractivity contribution in [1.29, 1.82) is 0 Å². The molecule has 1 unspecified atom stereocenters. The first kappa shape index (κ1) is 16.2. The Labute approximate surface area is 155 Å². The molecule has 0 saturated carbocycles. The molecule has 0 radical (unpaired) electrons. The van der Waals surface area contributed by atoms with Crippen LogP contribution in [0.1, 0.15) is 17.5 Å². The third-order valence-electron chi connectivity index (χ3n) is 4.65. The lowest BCUT2D eigenvalue weighted by molar-refractivity contribution is -0.532. The third kappa shape index (κ3) is 2.89. The minimum Gasteiger partial charge on any atom is -0.346 e. The summed E-state index contributed by atoms with van der Waals surface area (Å²) in [6, 6.07) is 18.4. The van der Waals surface area contributed by atoms with Crippen LogP contribution in [0.3, 0.4) is 0 Å². The maximum absolute atomic E-state index is 11.6. The van der Waals surface area contributed by atoms with E-state index in [4.69, 9.17) is 0 Å². The summed E-state index contributed by atoms with van der Waals surface area (Å²) in [7, 11) is 0. The van der Waals surface area contributed by atoms with Crippen LogP contribution in [0.15, 0.2) is 59.1 Å². The molecule has 0 aliphatic carbocycles. The molecular weight excluding hydrogens is 384 g/mol. The van der Waals surface area contributed by atoms with Gasteiger partial charge in [0.25, 0.3) is 5.72 Å². The Balaban J connectivity index is 1.73. The van der Waals surface area contributed by atoms with Gasteiger partial charge < -0.3 is 5.11 Å². The van der Waals surface area contributed by atoms with Gasteiger partial charge in [-0.1, -0.05) is 58.4 Å². The lowest BCUT2D eigenvalue weighted by Crippen LogP contribution is -2.45. The molecule has 4 rings (SSSR count). The van der Waals surface area contributed by atoms with Gasteiger partial charge in [-0.3, -0.25) is 0 Å². The Hall–Kier alpha value is -1.30. The highest BCUT2D eigenvalue weighted by molar-refractivity contribution is 9.10. The smallest absolute Gasteiger partial charge is 0.311 e. The van der Waals surface area contributed by atoms with Crippen molar-refractivity contribution in [3.63, 3.8) is 0 Å². The topological polar surface area (TPSA) is 26.5 Å². The highest BCUT2D eigenvalue weighted by Crippen LogP contribution is 2.37. The fourth-order valence-corrected chi connectivity index (χ4v) is 4.87. The molecule has 24 heavy (non-hydrogen) atoms. The maximum Gasteiger partial charge on any atom is 0.311 e. The SMILES string of the molecule is OC1(c2ccc(Br)cc2)C[N+]2=C(SCCC2)N1Cc1ccccc1. The summed E-state index contributed by atoms with van der Waals surface area (Å²) in [4.78, 5) is 2.18. The molecular formula is C19H20BrN2OS+. The van der Waals surface area contributed by atoms with Crippen LogP contribution in [0.4, 0.5) is 0 Å². The van der Waals surface area contributed by atoms with Gasteiger partial charge >= 0.3 is 5.17 Å². The van der Waals surface area contributed by atoms with E-state index in [9.17, 15) is 5.11 Å². The number of benzene rings is 2. The van der Waals surface area contributed by atoms with Crippen molar-refractivity contribution in [3.8, 4) is 0 Å². The van der Waals surface area contributed by atoms with Crippen LogP contribution in [0, 0.1) is 0 Å². The third-order valence-corrected chi connectivity index (χ3v) is 6.41. The van der Waals surface area contributed by atoms with E-state index in [0.717, 1.165) is 22.3 Å². The quantitative estimate of drug-likeness (QED) is 0.792. The van der Waals surface area contributed by atoms with Crippen molar-refractivity contribution in [2.24, 2.45) is 0 Å². The minimum atomic E-state index is -0.983. The predicted molar refractivity (Wildman–Crippen MR) is 102 cm³/mol. The van der Waals surface area contributed by atoms with Gasteiger partial charge in [0.2, 0.25) is 0 Å². The van der Waals surface area contributed by atoms with E-state index in [1.807, 2.05) is 42.1 Å². The first-order chi connectivity index (χ1) is 11.7. The summed E-state index contributed by atoms with van der Waals surface area (Å²) in [5, 5.41) is 12.8. The number of halogens is 1. The van der Waals surface area contributed by atoms with Crippen molar-refractivity contribution < 1.29 is 9.68 Å². The molecule has 0 aromatic heterocycles.